The predicted molar refractivity (Wildman–Crippen MR) is 124 cm³/mol. The number of aromatic nitrogens is 4. The Morgan fingerprint density at radius 3 is 2.62 bits per heavy atom. The van der Waals surface area contributed by atoms with Gasteiger partial charge in [0.25, 0.3) is 5.91 Å². The standard InChI is InChI=1S/C25H22N6O/c1-16-8-6-9-18(14-16)23-29-25-27-17(2)21(24(32)28-20-11-4-3-5-12-20)22(31(25)30-23)19-10-7-13-26-15-19/h3-15,22H,1-2H3,(H,28,32)(H,27,29,30). The summed E-state index contributed by atoms with van der Waals surface area (Å²) in [7, 11) is 0. The van der Waals surface area contributed by atoms with Crippen molar-refractivity contribution in [3.05, 3.63) is 102 Å². The van der Waals surface area contributed by atoms with Crippen LogP contribution in [0.15, 0.2) is 90.4 Å². The Bertz CT molecular complexity index is 1310. The molecule has 0 saturated carbocycles. The SMILES string of the molecule is CC1=C(C(=O)Nc2ccccc2)C(c2cccnc2)n2nc(-c3cccc(C)c3)nc2N1. The number of anilines is 2. The second-order valence-corrected chi connectivity index (χ2v) is 7.75. The average Bonchev–Trinajstić information content (AvgIpc) is 3.23. The number of hydrogen-bond acceptors (Lipinski definition) is 5. The molecular weight excluding hydrogens is 400 g/mol. The van der Waals surface area contributed by atoms with E-state index in [0.29, 0.717) is 17.3 Å². The van der Waals surface area contributed by atoms with Gasteiger partial charge in [-0.15, -0.1) is 5.10 Å². The number of nitrogens with one attached hydrogen (secondary N) is 2. The van der Waals surface area contributed by atoms with Crippen molar-refractivity contribution < 1.29 is 4.79 Å². The van der Waals surface area contributed by atoms with E-state index in [1.807, 2.05) is 80.6 Å². The summed E-state index contributed by atoms with van der Waals surface area (Å²) in [5, 5.41) is 11.1. The summed E-state index contributed by atoms with van der Waals surface area (Å²) in [6.07, 6.45) is 3.47. The molecule has 0 spiro atoms. The molecule has 1 aliphatic rings. The van der Waals surface area contributed by atoms with Crippen LogP contribution in [0.5, 0.6) is 0 Å². The second-order valence-electron chi connectivity index (χ2n) is 7.75. The fourth-order valence-corrected chi connectivity index (χ4v) is 3.92. The number of hydrogen-bond donors (Lipinski definition) is 2. The number of amides is 1. The lowest BCUT2D eigenvalue weighted by atomic mass is 9.96. The van der Waals surface area contributed by atoms with Crippen LogP contribution < -0.4 is 10.6 Å². The van der Waals surface area contributed by atoms with E-state index < -0.39 is 6.04 Å². The van der Waals surface area contributed by atoms with Crippen molar-refractivity contribution in [1.29, 1.82) is 0 Å². The van der Waals surface area contributed by atoms with E-state index in [1.54, 1.807) is 17.1 Å². The molecule has 0 radical (unpaired) electrons. The number of fused-ring (bicyclic) bond motifs is 1. The molecule has 0 fully saturated rings. The lowest BCUT2D eigenvalue weighted by Crippen LogP contribution is -2.31. The first kappa shape index (κ1) is 19.7. The zero-order valence-electron chi connectivity index (χ0n) is 17.8. The summed E-state index contributed by atoms with van der Waals surface area (Å²) >= 11 is 0. The van der Waals surface area contributed by atoms with Crippen LogP contribution in [0.2, 0.25) is 0 Å². The van der Waals surface area contributed by atoms with Gasteiger partial charge < -0.3 is 10.6 Å². The van der Waals surface area contributed by atoms with Crippen LogP contribution in [0.25, 0.3) is 11.4 Å². The minimum atomic E-state index is -0.463. The number of aryl methyl sites for hydroxylation is 1. The molecule has 1 atom stereocenters. The van der Waals surface area contributed by atoms with E-state index in [1.165, 1.54) is 0 Å². The van der Waals surface area contributed by atoms with Crippen molar-refractivity contribution in [3.8, 4) is 11.4 Å². The first-order valence-corrected chi connectivity index (χ1v) is 10.4. The molecule has 2 aromatic heterocycles. The minimum Gasteiger partial charge on any atom is -0.328 e. The van der Waals surface area contributed by atoms with Crippen molar-refractivity contribution in [2.24, 2.45) is 0 Å². The van der Waals surface area contributed by atoms with Crippen LogP contribution in [-0.2, 0) is 4.79 Å². The third-order valence-electron chi connectivity index (χ3n) is 5.41. The monoisotopic (exact) mass is 422 g/mol. The molecule has 4 aromatic rings. The van der Waals surface area contributed by atoms with Gasteiger partial charge >= 0.3 is 0 Å². The Balaban J connectivity index is 1.60. The second kappa shape index (κ2) is 8.11. The molecule has 5 rings (SSSR count). The van der Waals surface area contributed by atoms with Gasteiger partial charge in [-0.05, 0) is 43.7 Å². The molecule has 0 saturated heterocycles. The highest BCUT2D eigenvalue weighted by atomic mass is 16.1. The maximum Gasteiger partial charge on any atom is 0.255 e. The van der Waals surface area contributed by atoms with E-state index in [9.17, 15) is 4.79 Å². The van der Waals surface area contributed by atoms with E-state index in [4.69, 9.17) is 10.1 Å². The molecule has 2 aromatic carbocycles. The maximum atomic E-state index is 13.4. The molecule has 7 nitrogen and oxygen atoms in total. The summed E-state index contributed by atoms with van der Waals surface area (Å²) in [5.74, 6) is 0.986. The predicted octanol–water partition coefficient (Wildman–Crippen LogP) is 4.58. The number of nitrogens with zero attached hydrogens (tertiary/aromatic N) is 4. The minimum absolute atomic E-state index is 0.201. The van der Waals surface area contributed by atoms with E-state index in [0.717, 1.165) is 28.1 Å². The Morgan fingerprint density at radius 1 is 1.03 bits per heavy atom. The van der Waals surface area contributed by atoms with Gasteiger partial charge in [0.15, 0.2) is 5.82 Å². The Morgan fingerprint density at radius 2 is 1.88 bits per heavy atom. The van der Waals surface area contributed by atoms with Gasteiger partial charge in [0.1, 0.15) is 6.04 Å². The Labute approximate surface area is 185 Å². The van der Waals surface area contributed by atoms with Gasteiger partial charge in [-0.2, -0.15) is 4.98 Å². The highest BCUT2D eigenvalue weighted by Crippen LogP contribution is 2.36. The van der Waals surface area contributed by atoms with Crippen molar-refractivity contribution >= 4 is 17.5 Å². The highest BCUT2D eigenvalue weighted by molar-refractivity contribution is 6.06. The topological polar surface area (TPSA) is 84.7 Å². The van der Waals surface area contributed by atoms with Crippen LogP contribution in [0.4, 0.5) is 11.6 Å². The summed E-state index contributed by atoms with van der Waals surface area (Å²) < 4.78 is 1.77. The molecule has 2 N–H and O–H groups in total. The maximum absolute atomic E-state index is 13.4. The van der Waals surface area contributed by atoms with Crippen molar-refractivity contribution in [2.45, 2.75) is 19.9 Å². The summed E-state index contributed by atoms with van der Waals surface area (Å²) in [6.45, 7) is 3.92. The zero-order valence-corrected chi connectivity index (χ0v) is 17.8. The lowest BCUT2D eigenvalue weighted by molar-refractivity contribution is -0.113. The van der Waals surface area contributed by atoms with Gasteiger partial charge in [-0.25, -0.2) is 4.68 Å². The molecule has 0 bridgehead atoms. The number of rotatable bonds is 4. The van der Waals surface area contributed by atoms with Gasteiger partial charge in [0, 0.05) is 29.3 Å². The lowest BCUT2D eigenvalue weighted by Gasteiger charge is -2.28. The van der Waals surface area contributed by atoms with Gasteiger partial charge in [0.2, 0.25) is 5.95 Å². The summed E-state index contributed by atoms with van der Waals surface area (Å²) in [4.78, 5) is 22.4. The molecule has 158 valence electrons. The van der Waals surface area contributed by atoms with Crippen molar-refractivity contribution in [2.75, 3.05) is 10.6 Å². The molecule has 1 unspecified atom stereocenters. The number of carbonyl (C=O) groups excluding carboxylic acids is 1. The normalized spacial score (nSPS) is 15.1. The first-order chi connectivity index (χ1) is 15.6. The Hall–Kier alpha value is -4.26. The van der Waals surface area contributed by atoms with E-state index in [-0.39, 0.29) is 5.91 Å². The van der Waals surface area contributed by atoms with Crippen LogP contribution in [-0.4, -0.2) is 25.7 Å². The molecule has 7 heteroatoms. The molecule has 3 heterocycles. The van der Waals surface area contributed by atoms with E-state index >= 15 is 0 Å². The average molecular weight is 422 g/mol. The van der Waals surface area contributed by atoms with Crippen LogP contribution in [0, 0.1) is 6.92 Å². The molecule has 1 amide bonds. The third-order valence-corrected chi connectivity index (χ3v) is 5.41. The van der Waals surface area contributed by atoms with Gasteiger partial charge in [-0.3, -0.25) is 9.78 Å². The smallest absolute Gasteiger partial charge is 0.255 e. The van der Waals surface area contributed by atoms with Crippen LogP contribution >= 0.6 is 0 Å². The van der Waals surface area contributed by atoms with Crippen LogP contribution in [0.1, 0.15) is 24.1 Å². The largest absolute Gasteiger partial charge is 0.328 e. The molecular formula is C25H22N6O. The van der Waals surface area contributed by atoms with Gasteiger partial charge in [-0.1, -0.05) is 48.0 Å². The summed E-state index contributed by atoms with van der Waals surface area (Å²) in [6, 6.07) is 20.8. The first-order valence-electron chi connectivity index (χ1n) is 10.4. The number of allylic oxidation sites excluding steroid dienone is 1. The molecule has 1 aliphatic heterocycles. The van der Waals surface area contributed by atoms with Crippen LogP contribution in [0.3, 0.4) is 0 Å². The Kier molecular flexibility index (Phi) is 4.99. The fraction of sp³-hybridized carbons (Fsp3) is 0.120. The molecule has 0 aliphatic carbocycles. The van der Waals surface area contributed by atoms with Crippen molar-refractivity contribution in [1.82, 2.24) is 19.7 Å². The van der Waals surface area contributed by atoms with E-state index in [2.05, 4.69) is 15.6 Å². The fourth-order valence-electron chi connectivity index (χ4n) is 3.92. The third kappa shape index (κ3) is 3.65. The van der Waals surface area contributed by atoms with Gasteiger partial charge in [0.05, 0.1) is 5.57 Å². The highest BCUT2D eigenvalue weighted by Gasteiger charge is 2.34. The molecule has 32 heavy (non-hydrogen) atoms. The number of pyridine rings is 1. The summed E-state index contributed by atoms with van der Waals surface area (Å²) in [5.41, 5.74) is 4.93. The number of para-hydroxylation sites is 1. The quantitative estimate of drug-likeness (QED) is 0.503. The zero-order chi connectivity index (χ0) is 22.1. The number of benzene rings is 2. The number of carbonyl (C=O) groups is 1. The van der Waals surface area contributed by atoms with Crippen molar-refractivity contribution in [3.63, 3.8) is 0 Å².